The van der Waals surface area contributed by atoms with Gasteiger partial charge >= 0.3 is 0 Å². The van der Waals surface area contributed by atoms with Crippen LogP contribution in [-0.2, 0) is 0 Å². The molecule has 1 aromatic heterocycles. The second-order valence-electron chi connectivity index (χ2n) is 4.99. The molecule has 1 saturated heterocycles. The molecule has 1 fully saturated rings. The largest absolute Gasteiger partial charge is 0.368 e. The van der Waals surface area contributed by atoms with Gasteiger partial charge in [0.2, 0.25) is 11.9 Å². The molecule has 0 radical (unpaired) electrons. The minimum atomic E-state index is -0.591. The highest BCUT2D eigenvalue weighted by Gasteiger charge is 2.17. The Morgan fingerprint density at radius 1 is 1.00 bits per heavy atom. The van der Waals surface area contributed by atoms with Crippen molar-refractivity contribution in [3.63, 3.8) is 0 Å². The number of nitrogens with two attached hydrogens (primary N) is 1. The minimum absolute atomic E-state index is 0.00392. The molecule has 0 amide bonds. The van der Waals surface area contributed by atoms with Crippen LogP contribution in [0.2, 0.25) is 0 Å². The van der Waals surface area contributed by atoms with E-state index in [2.05, 4.69) is 15.0 Å². The second kappa shape index (κ2) is 5.59. The van der Waals surface area contributed by atoms with Crippen LogP contribution in [0, 0.1) is 11.6 Å². The van der Waals surface area contributed by atoms with E-state index in [0.717, 1.165) is 44.1 Å². The molecule has 1 aliphatic heterocycles. The molecule has 21 heavy (non-hydrogen) atoms. The Balaban J connectivity index is 2.02. The van der Waals surface area contributed by atoms with E-state index in [4.69, 9.17) is 5.73 Å². The first kappa shape index (κ1) is 13.7. The number of nitrogen functional groups attached to an aromatic ring is 1. The number of piperidine rings is 1. The van der Waals surface area contributed by atoms with Crippen molar-refractivity contribution in [3.8, 4) is 11.4 Å². The SMILES string of the molecule is Nc1nc(-c2cc(F)ccc2F)nc(N2CCCCC2)n1. The Hall–Kier alpha value is -2.31. The maximum atomic E-state index is 13.8. The predicted molar refractivity (Wildman–Crippen MR) is 75.7 cm³/mol. The Kier molecular flexibility index (Phi) is 3.64. The Bertz CT molecular complexity index is 656. The zero-order valence-electron chi connectivity index (χ0n) is 11.4. The van der Waals surface area contributed by atoms with Crippen molar-refractivity contribution < 1.29 is 8.78 Å². The van der Waals surface area contributed by atoms with E-state index in [1.807, 2.05) is 4.90 Å². The molecule has 110 valence electrons. The molecule has 2 heterocycles. The number of anilines is 2. The predicted octanol–water partition coefficient (Wildman–Crippen LogP) is 2.39. The maximum Gasteiger partial charge on any atom is 0.230 e. The fraction of sp³-hybridized carbons (Fsp3) is 0.357. The number of nitrogens with zero attached hydrogens (tertiary/aromatic N) is 4. The molecule has 0 spiro atoms. The van der Waals surface area contributed by atoms with Crippen molar-refractivity contribution >= 4 is 11.9 Å². The topological polar surface area (TPSA) is 67.9 Å². The highest BCUT2D eigenvalue weighted by atomic mass is 19.1. The van der Waals surface area contributed by atoms with Gasteiger partial charge in [-0.25, -0.2) is 8.78 Å². The average Bonchev–Trinajstić information content (AvgIpc) is 2.50. The van der Waals surface area contributed by atoms with Crippen LogP contribution >= 0.6 is 0 Å². The fourth-order valence-corrected chi connectivity index (χ4v) is 2.41. The molecule has 2 aromatic rings. The van der Waals surface area contributed by atoms with Crippen molar-refractivity contribution in [3.05, 3.63) is 29.8 Å². The molecular weight excluding hydrogens is 276 g/mol. The van der Waals surface area contributed by atoms with Crippen LogP contribution in [0.25, 0.3) is 11.4 Å². The number of hydrogen-bond acceptors (Lipinski definition) is 5. The molecule has 2 N–H and O–H groups in total. The molecule has 1 aromatic carbocycles. The molecule has 0 atom stereocenters. The van der Waals surface area contributed by atoms with Crippen molar-refractivity contribution in [2.75, 3.05) is 23.7 Å². The summed E-state index contributed by atoms with van der Waals surface area (Å²) in [5.41, 5.74) is 5.67. The summed E-state index contributed by atoms with van der Waals surface area (Å²) in [5, 5.41) is 0. The summed E-state index contributed by atoms with van der Waals surface area (Å²) in [6, 6.07) is 3.16. The van der Waals surface area contributed by atoms with E-state index in [-0.39, 0.29) is 17.3 Å². The Morgan fingerprint density at radius 3 is 2.52 bits per heavy atom. The first-order chi connectivity index (χ1) is 10.1. The first-order valence-electron chi connectivity index (χ1n) is 6.85. The van der Waals surface area contributed by atoms with Gasteiger partial charge in [0.25, 0.3) is 0 Å². The van der Waals surface area contributed by atoms with Gasteiger partial charge in [0.15, 0.2) is 5.82 Å². The van der Waals surface area contributed by atoms with E-state index < -0.39 is 11.6 Å². The van der Waals surface area contributed by atoms with Gasteiger partial charge in [0.05, 0.1) is 5.56 Å². The van der Waals surface area contributed by atoms with Gasteiger partial charge in [-0.1, -0.05) is 0 Å². The summed E-state index contributed by atoms with van der Waals surface area (Å²) in [7, 11) is 0. The number of aromatic nitrogens is 3. The number of halogens is 2. The van der Waals surface area contributed by atoms with Crippen molar-refractivity contribution in [2.45, 2.75) is 19.3 Å². The van der Waals surface area contributed by atoms with E-state index in [1.54, 1.807) is 0 Å². The number of benzene rings is 1. The van der Waals surface area contributed by atoms with Gasteiger partial charge in [-0.15, -0.1) is 0 Å². The van der Waals surface area contributed by atoms with E-state index in [9.17, 15) is 8.78 Å². The molecule has 7 heteroatoms. The lowest BCUT2D eigenvalue weighted by Gasteiger charge is -2.26. The number of hydrogen-bond donors (Lipinski definition) is 1. The quantitative estimate of drug-likeness (QED) is 0.920. The van der Waals surface area contributed by atoms with Gasteiger partial charge in [0.1, 0.15) is 11.6 Å². The summed E-state index contributed by atoms with van der Waals surface area (Å²) >= 11 is 0. The smallest absolute Gasteiger partial charge is 0.230 e. The third kappa shape index (κ3) is 2.91. The molecule has 0 saturated carbocycles. The number of rotatable bonds is 2. The van der Waals surface area contributed by atoms with Crippen LogP contribution < -0.4 is 10.6 Å². The van der Waals surface area contributed by atoms with Crippen molar-refractivity contribution in [1.82, 2.24) is 15.0 Å². The van der Waals surface area contributed by atoms with E-state index >= 15 is 0 Å². The zero-order chi connectivity index (χ0) is 14.8. The van der Waals surface area contributed by atoms with E-state index in [1.165, 1.54) is 6.42 Å². The molecule has 5 nitrogen and oxygen atoms in total. The van der Waals surface area contributed by atoms with Crippen LogP contribution in [0.15, 0.2) is 18.2 Å². The summed E-state index contributed by atoms with van der Waals surface area (Å²) in [6.45, 7) is 1.66. The van der Waals surface area contributed by atoms with Crippen LogP contribution in [-0.4, -0.2) is 28.0 Å². The summed E-state index contributed by atoms with van der Waals surface area (Å²) in [4.78, 5) is 14.3. The molecule has 0 unspecified atom stereocenters. The lowest BCUT2D eigenvalue weighted by molar-refractivity contribution is 0.567. The van der Waals surface area contributed by atoms with E-state index in [0.29, 0.717) is 5.95 Å². The Labute approximate surface area is 120 Å². The first-order valence-corrected chi connectivity index (χ1v) is 6.85. The lowest BCUT2D eigenvalue weighted by Crippen LogP contribution is -2.31. The highest BCUT2D eigenvalue weighted by Crippen LogP contribution is 2.24. The summed E-state index contributed by atoms with van der Waals surface area (Å²) < 4.78 is 27.1. The van der Waals surface area contributed by atoms with Gasteiger partial charge in [-0.2, -0.15) is 15.0 Å². The summed E-state index contributed by atoms with van der Waals surface area (Å²) in [5.74, 6) is -0.665. The molecule has 0 bridgehead atoms. The van der Waals surface area contributed by atoms with Crippen LogP contribution in [0.3, 0.4) is 0 Å². The van der Waals surface area contributed by atoms with Gasteiger partial charge in [-0.05, 0) is 37.5 Å². The normalized spacial score (nSPS) is 15.2. The third-order valence-corrected chi connectivity index (χ3v) is 3.45. The highest BCUT2D eigenvalue weighted by molar-refractivity contribution is 5.58. The zero-order valence-corrected chi connectivity index (χ0v) is 11.4. The molecule has 3 rings (SSSR count). The maximum absolute atomic E-state index is 13.8. The molecule has 1 aliphatic rings. The fourth-order valence-electron chi connectivity index (χ4n) is 2.41. The van der Waals surface area contributed by atoms with Gasteiger partial charge < -0.3 is 10.6 Å². The van der Waals surface area contributed by atoms with Gasteiger partial charge in [0, 0.05) is 13.1 Å². The monoisotopic (exact) mass is 291 g/mol. The molecular formula is C14H15F2N5. The van der Waals surface area contributed by atoms with Crippen LogP contribution in [0.1, 0.15) is 19.3 Å². The molecule has 0 aliphatic carbocycles. The van der Waals surface area contributed by atoms with Crippen molar-refractivity contribution in [2.24, 2.45) is 0 Å². The third-order valence-electron chi connectivity index (χ3n) is 3.45. The summed E-state index contributed by atoms with van der Waals surface area (Å²) in [6.07, 6.45) is 3.27. The average molecular weight is 291 g/mol. The Morgan fingerprint density at radius 2 is 1.76 bits per heavy atom. The standard InChI is InChI=1S/C14H15F2N5/c15-9-4-5-11(16)10(8-9)12-18-13(17)20-14(19-12)21-6-2-1-3-7-21/h4-5,8H,1-3,6-7H2,(H2,17,18,19,20). The van der Waals surface area contributed by atoms with Gasteiger partial charge in [-0.3, -0.25) is 0 Å². The minimum Gasteiger partial charge on any atom is -0.368 e. The van der Waals surface area contributed by atoms with Crippen LogP contribution in [0.5, 0.6) is 0 Å². The lowest BCUT2D eigenvalue weighted by atomic mass is 10.1. The van der Waals surface area contributed by atoms with Crippen LogP contribution in [0.4, 0.5) is 20.7 Å². The van der Waals surface area contributed by atoms with Crippen molar-refractivity contribution in [1.29, 1.82) is 0 Å². The second-order valence-corrected chi connectivity index (χ2v) is 4.99.